The van der Waals surface area contributed by atoms with Gasteiger partial charge in [-0.05, 0) is 54.0 Å². The summed E-state index contributed by atoms with van der Waals surface area (Å²) in [6.07, 6.45) is 2.20. The minimum atomic E-state index is -0.967. The van der Waals surface area contributed by atoms with Crippen LogP contribution in [0.15, 0.2) is 48.2 Å². The molecule has 0 radical (unpaired) electrons. The number of rotatable bonds is 3. The molecule has 1 amide bonds. The minimum Gasteiger partial charge on any atom is -0.327 e. The average molecular weight is 344 g/mol. The SMILES string of the molecule is CCc1ccccc1N1C(=O)/C(=C\c2ccc(F)c(F)c2)NC1=S. The molecule has 24 heavy (non-hydrogen) atoms. The summed E-state index contributed by atoms with van der Waals surface area (Å²) in [6.45, 7) is 1.99. The topological polar surface area (TPSA) is 32.3 Å². The standard InChI is InChI=1S/C18H14F2N2OS/c1-2-12-5-3-4-6-16(12)22-17(23)15(21-18(22)24)10-11-7-8-13(19)14(20)9-11/h3-10H,2H2,1H3,(H,21,24)/b15-10+. The van der Waals surface area contributed by atoms with E-state index in [1.54, 1.807) is 0 Å². The fourth-order valence-corrected chi connectivity index (χ4v) is 2.84. The van der Waals surface area contributed by atoms with Gasteiger partial charge in [0, 0.05) is 0 Å². The van der Waals surface area contributed by atoms with Crippen LogP contribution in [0.2, 0.25) is 0 Å². The highest BCUT2D eigenvalue weighted by Gasteiger charge is 2.32. The van der Waals surface area contributed by atoms with Crippen LogP contribution in [0.5, 0.6) is 0 Å². The molecule has 0 aliphatic carbocycles. The molecule has 0 atom stereocenters. The third kappa shape index (κ3) is 2.92. The van der Waals surface area contributed by atoms with Crippen molar-refractivity contribution in [3.63, 3.8) is 0 Å². The number of nitrogens with zero attached hydrogens (tertiary/aromatic N) is 1. The number of hydrogen-bond donors (Lipinski definition) is 1. The van der Waals surface area contributed by atoms with E-state index in [2.05, 4.69) is 5.32 Å². The number of anilines is 1. The van der Waals surface area contributed by atoms with Gasteiger partial charge in [0.25, 0.3) is 5.91 Å². The molecule has 1 fully saturated rings. The average Bonchev–Trinajstić information content (AvgIpc) is 2.85. The van der Waals surface area contributed by atoms with Crippen molar-refractivity contribution in [3.8, 4) is 0 Å². The molecule has 1 N–H and O–H groups in total. The number of nitrogens with one attached hydrogen (secondary N) is 1. The van der Waals surface area contributed by atoms with Crippen molar-refractivity contribution in [2.45, 2.75) is 13.3 Å². The molecule has 6 heteroatoms. The maximum atomic E-state index is 13.3. The highest BCUT2D eigenvalue weighted by atomic mass is 32.1. The van der Waals surface area contributed by atoms with Crippen LogP contribution in [0.3, 0.4) is 0 Å². The second-order valence-corrected chi connectivity index (χ2v) is 5.67. The van der Waals surface area contributed by atoms with Gasteiger partial charge >= 0.3 is 0 Å². The molecule has 1 aliphatic heterocycles. The number of carbonyl (C=O) groups is 1. The number of para-hydroxylation sites is 1. The number of hydrogen-bond acceptors (Lipinski definition) is 2. The maximum absolute atomic E-state index is 13.3. The Morgan fingerprint density at radius 2 is 1.92 bits per heavy atom. The summed E-state index contributed by atoms with van der Waals surface area (Å²) in [5.41, 5.74) is 2.30. The summed E-state index contributed by atoms with van der Waals surface area (Å²) < 4.78 is 26.3. The van der Waals surface area contributed by atoms with Crippen LogP contribution in [0.25, 0.3) is 6.08 Å². The lowest BCUT2D eigenvalue weighted by atomic mass is 10.1. The van der Waals surface area contributed by atoms with Gasteiger partial charge in [-0.2, -0.15) is 0 Å². The van der Waals surface area contributed by atoms with Crippen LogP contribution in [-0.2, 0) is 11.2 Å². The Labute approximate surface area is 143 Å². The Morgan fingerprint density at radius 1 is 1.17 bits per heavy atom. The highest BCUT2D eigenvalue weighted by Crippen LogP contribution is 2.26. The Morgan fingerprint density at radius 3 is 2.62 bits per heavy atom. The largest absolute Gasteiger partial charge is 0.327 e. The van der Waals surface area contributed by atoms with Crippen LogP contribution in [0, 0.1) is 11.6 Å². The van der Waals surface area contributed by atoms with Crippen molar-refractivity contribution in [2.75, 3.05) is 4.90 Å². The monoisotopic (exact) mass is 344 g/mol. The van der Waals surface area contributed by atoms with E-state index >= 15 is 0 Å². The molecule has 0 unspecified atom stereocenters. The molecule has 1 saturated heterocycles. The first-order valence-electron chi connectivity index (χ1n) is 7.41. The molecular formula is C18H14F2N2OS. The van der Waals surface area contributed by atoms with Gasteiger partial charge in [0.15, 0.2) is 16.7 Å². The van der Waals surface area contributed by atoms with Crippen molar-refractivity contribution in [3.05, 3.63) is 70.9 Å². The second-order valence-electron chi connectivity index (χ2n) is 5.28. The summed E-state index contributed by atoms with van der Waals surface area (Å²) in [5, 5.41) is 3.10. The van der Waals surface area contributed by atoms with E-state index < -0.39 is 11.6 Å². The van der Waals surface area contributed by atoms with Crippen molar-refractivity contribution >= 4 is 35.0 Å². The van der Waals surface area contributed by atoms with E-state index in [9.17, 15) is 13.6 Å². The maximum Gasteiger partial charge on any atom is 0.281 e. The molecule has 2 aromatic carbocycles. The molecule has 2 aromatic rings. The number of aryl methyl sites for hydroxylation is 1. The quantitative estimate of drug-likeness (QED) is 0.679. The minimum absolute atomic E-state index is 0.219. The van der Waals surface area contributed by atoms with Gasteiger partial charge in [-0.1, -0.05) is 31.2 Å². The van der Waals surface area contributed by atoms with E-state index in [1.807, 2.05) is 31.2 Å². The molecule has 0 bridgehead atoms. The fraction of sp³-hybridized carbons (Fsp3) is 0.111. The highest BCUT2D eigenvalue weighted by molar-refractivity contribution is 7.80. The molecule has 0 spiro atoms. The molecule has 0 aromatic heterocycles. The summed E-state index contributed by atoms with van der Waals surface area (Å²) in [5.74, 6) is -2.23. The molecule has 122 valence electrons. The van der Waals surface area contributed by atoms with Crippen molar-refractivity contribution in [1.82, 2.24) is 5.32 Å². The lowest BCUT2D eigenvalue weighted by molar-refractivity contribution is -0.113. The van der Waals surface area contributed by atoms with Crippen LogP contribution < -0.4 is 10.2 Å². The van der Waals surface area contributed by atoms with Gasteiger partial charge in [-0.25, -0.2) is 8.78 Å². The zero-order chi connectivity index (χ0) is 17.3. The van der Waals surface area contributed by atoms with E-state index in [4.69, 9.17) is 12.2 Å². The summed E-state index contributed by atoms with van der Waals surface area (Å²) >= 11 is 5.27. The Kier molecular flexibility index (Phi) is 4.40. The van der Waals surface area contributed by atoms with Crippen LogP contribution in [0.1, 0.15) is 18.1 Å². The Bertz CT molecular complexity index is 864. The number of benzene rings is 2. The molecule has 3 nitrogen and oxygen atoms in total. The van der Waals surface area contributed by atoms with Gasteiger partial charge < -0.3 is 5.32 Å². The molecular weight excluding hydrogens is 330 g/mol. The summed E-state index contributed by atoms with van der Waals surface area (Å²) in [7, 11) is 0. The van der Waals surface area contributed by atoms with E-state index in [-0.39, 0.29) is 16.7 Å². The van der Waals surface area contributed by atoms with Gasteiger partial charge in [0.2, 0.25) is 0 Å². The van der Waals surface area contributed by atoms with Gasteiger partial charge in [-0.15, -0.1) is 0 Å². The summed E-state index contributed by atoms with van der Waals surface area (Å²) in [6, 6.07) is 10.9. The first-order chi connectivity index (χ1) is 11.5. The van der Waals surface area contributed by atoms with Crippen molar-refractivity contribution in [2.24, 2.45) is 0 Å². The van der Waals surface area contributed by atoms with E-state index in [1.165, 1.54) is 17.0 Å². The first kappa shape index (κ1) is 16.3. The normalized spacial score (nSPS) is 16.0. The zero-order valence-corrected chi connectivity index (χ0v) is 13.7. The Balaban J connectivity index is 1.97. The van der Waals surface area contributed by atoms with E-state index in [0.29, 0.717) is 5.56 Å². The number of halogens is 2. The smallest absolute Gasteiger partial charge is 0.281 e. The fourth-order valence-electron chi connectivity index (χ4n) is 2.55. The molecule has 1 heterocycles. The van der Waals surface area contributed by atoms with Crippen LogP contribution in [-0.4, -0.2) is 11.0 Å². The van der Waals surface area contributed by atoms with Gasteiger partial charge in [0.05, 0.1) is 5.69 Å². The third-order valence-electron chi connectivity index (χ3n) is 3.75. The predicted octanol–water partition coefficient (Wildman–Crippen LogP) is 3.79. The number of carbonyl (C=O) groups excluding carboxylic acids is 1. The second kappa shape index (κ2) is 6.49. The molecule has 3 rings (SSSR count). The molecule has 1 aliphatic rings. The lowest BCUT2D eigenvalue weighted by Crippen LogP contribution is -2.31. The van der Waals surface area contributed by atoms with Crippen LogP contribution >= 0.6 is 12.2 Å². The lowest BCUT2D eigenvalue weighted by Gasteiger charge is -2.17. The van der Waals surface area contributed by atoms with Crippen LogP contribution in [0.4, 0.5) is 14.5 Å². The summed E-state index contributed by atoms with van der Waals surface area (Å²) in [4.78, 5) is 14.1. The number of thiocarbonyl (C=S) groups is 1. The number of amides is 1. The van der Waals surface area contributed by atoms with Crippen molar-refractivity contribution in [1.29, 1.82) is 0 Å². The Hall–Kier alpha value is -2.60. The van der Waals surface area contributed by atoms with E-state index in [0.717, 1.165) is 29.8 Å². The van der Waals surface area contributed by atoms with Gasteiger partial charge in [0.1, 0.15) is 5.70 Å². The zero-order valence-electron chi connectivity index (χ0n) is 12.8. The molecule has 0 saturated carbocycles. The first-order valence-corrected chi connectivity index (χ1v) is 7.82. The third-order valence-corrected chi connectivity index (χ3v) is 4.03. The van der Waals surface area contributed by atoms with Gasteiger partial charge in [-0.3, -0.25) is 9.69 Å². The predicted molar refractivity (Wildman–Crippen MR) is 93.4 cm³/mol. The van der Waals surface area contributed by atoms with Crippen molar-refractivity contribution < 1.29 is 13.6 Å².